The van der Waals surface area contributed by atoms with Gasteiger partial charge in [-0.3, -0.25) is 28.8 Å². The van der Waals surface area contributed by atoms with Gasteiger partial charge in [-0.25, -0.2) is 0 Å². The van der Waals surface area contributed by atoms with E-state index >= 15 is 0 Å². The molecule has 0 rings (SSSR count). The average molecular weight is 887 g/mol. The van der Waals surface area contributed by atoms with Crippen molar-refractivity contribution >= 4 is 46.8 Å². The van der Waals surface area contributed by atoms with Gasteiger partial charge in [0.15, 0.2) is 11.6 Å². The molecular weight excluding hydrogens is 801 g/mol. The van der Waals surface area contributed by atoms with E-state index in [4.69, 9.17) is 28.8 Å². The van der Waals surface area contributed by atoms with Gasteiger partial charge >= 0.3 is 11.9 Å². The quantitative estimate of drug-likeness (QED) is 0.0350. The van der Waals surface area contributed by atoms with Crippen molar-refractivity contribution in [1.82, 2.24) is 0 Å². The summed E-state index contributed by atoms with van der Waals surface area (Å²) in [6, 6.07) is 0. The molecule has 61 heavy (non-hydrogen) atoms. The van der Waals surface area contributed by atoms with Crippen molar-refractivity contribution in [2.75, 3.05) is 64.4 Å². The number of carboxylic acids is 1. The van der Waals surface area contributed by atoms with E-state index in [0.717, 1.165) is 51.4 Å². The van der Waals surface area contributed by atoms with Crippen LogP contribution in [0.1, 0.15) is 177 Å². The van der Waals surface area contributed by atoms with E-state index in [9.17, 15) is 28.8 Å². The number of hydrogen-bond donors (Lipinski definition) is 1. The van der Waals surface area contributed by atoms with Gasteiger partial charge in [0.25, 0.3) is 0 Å². The molecule has 356 valence electrons. The minimum Gasteiger partial charge on any atom is -0.481 e. The van der Waals surface area contributed by atoms with Crippen LogP contribution in [0.4, 0.5) is 0 Å². The van der Waals surface area contributed by atoms with Crippen LogP contribution in [-0.2, 0) is 52.5 Å². The second kappa shape index (κ2) is 36.2. The van der Waals surface area contributed by atoms with Gasteiger partial charge in [-0.05, 0) is 107 Å². The average Bonchev–Trinajstić information content (AvgIpc) is 3.15. The lowest BCUT2D eigenvalue weighted by molar-refractivity contribution is -0.163. The van der Waals surface area contributed by atoms with Gasteiger partial charge in [-0.15, -0.1) is 0 Å². The first-order valence-corrected chi connectivity index (χ1v) is 24.4. The van der Waals surface area contributed by atoms with Crippen LogP contribution in [0.15, 0.2) is 0 Å². The Morgan fingerprint density at radius 2 is 0.984 bits per heavy atom. The topological polar surface area (TPSA) is 169 Å². The molecular formula is C48H86O12S. The smallest absolute Gasteiger partial charge is 0.317 e. The normalized spacial score (nSPS) is 13.0. The van der Waals surface area contributed by atoms with Crippen LogP contribution < -0.4 is 0 Å². The highest BCUT2D eigenvalue weighted by molar-refractivity contribution is 7.99. The predicted molar refractivity (Wildman–Crippen MR) is 243 cm³/mol. The van der Waals surface area contributed by atoms with E-state index in [0.29, 0.717) is 88.7 Å². The number of thioether (sulfide) groups is 1. The van der Waals surface area contributed by atoms with Gasteiger partial charge in [0.05, 0.1) is 26.4 Å². The van der Waals surface area contributed by atoms with Gasteiger partial charge in [0, 0.05) is 51.7 Å². The standard InChI is InChI=1S/C48H86O12S/c1-38(2)43(47(3,4)5)35-40(50)23-13-10-9-11-19-33-61-34-20-12-14-21-39(49)22-15-17-27-56-29-31-58-32-30-57-28-18-16-24-41(51)36-59-37-44(52)42(25-26-45(53)54)46(55)60-48(6,7)8/h38,42-43H,9-37H2,1-8H3,(H,53,54). The number of carbonyl (C=O) groups excluding carboxylic acids is 5. The van der Waals surface area contributed by atoms with Gasteiger partial charge in [0.1, 0.15) is 36.3 Å². The number of hydrogen-bond acceptors (Lipinski definition) is 12. The summed E-state index contributed by atoms with van der Waals surface area (Å²) in [5, 5.41) is 8.95. The number of aliphatic carboxylic acids is 1. The first kappa shape index (κ1) is 58.8. The zero-order valence-electron chi connectivity index (χ0n) is 39.6. The molecule has 2 atom stereocenters. The molecule has 0 aromatic rings. The Morgan fingerprint density at radius 1 is 0.525 bits per heavy atom. The van der Waals surface area contributed by atoms with Crippen LogP contribution in [0.2, 0.25) is 0 Å². The summed E-state index contributed by atoms with van der Waals surface area (Å²) in [5.41, 5.74) is -0.648. The van der Waals surface area contributed by atoms with E-state index in [1.54, 1.807) is 20.8 Å². The summed E-state index contributed by atoms with van der Waals surface area (Å²) in [7, 11) is 0. The first-order valence-electron chi connectivity index (χ1n) is 23.2. The molecule has 0 saturated carbocycles. The summed E-state index contributed by atoms with van der Waals surface area (Å²) in [6.07, 6.45) is 14.6. The van der Waals surface area contributed by atoms with Crippen molar-refractivity contribution in [1.29, 1.82) is 0 Å². The van der Waals surface area contributed by atoms with Crippen molar-refractivity contribution < 1.29 is 57.6 Å². The monoisotopic (exact) mass is 887 g/mol. The van der Waals surface area contributed by atoms with Crippen molar-refractivity contribution in [2.24, 2.45) is 23.2 Å². The van der Waals surface area contributed by atoms with E-state index in [1.807, 2.05) is 11.8 Å². The summed E-state index contributed by atoms with van der Waals surface area (Å²) >= 11 is 2.03. The molecule has 0 radical (unpaired) electrons. The lowest BCUT2D eigenvalue weighted by Gasteiger charge is -2.33. The molecule has 12 nitrogen and oxygen atoms in total. The summed E-state index contributed by atoms with van der Waals surface area (Å²) < 4.78 is 27.2. The molecule has 0 aromatic carbocycles. The Morgan fingerprint density at radius 3 is 1.49 bits per heavy atom. The Bertz CT molecular complexity index is 1210. The van der Waals surface area contributed by atoms with Gasteiger partial charge in [0.2, 0.25) is 0 Å². The van der Waals surface area contributed by atoms with Crippen molar-refractivity contribution in [3.05, 3.63) is 0 Å². The van der Waals surface area contributed by atoms with Crippen LogP contribution in [0.25, 0.3) is 0 Å². The summed E-state index contributed by atoms with van der Waals surface area (Å²) in [4.78, 5) is 72.7. The minimum absolute atomic E-state index is 0.180. The van der Waals surface area contributed by atoms with Crippen molar-refractivity contribution in [2.45, 2.75) is 183 Å². The molecule has 0 heterocycles. The highest BCUT2D eigenvalue weighted by Gasteiger charge is 2.32. The van der Waals surface area contributed by atoms with Gasteiger partial charge < -0.3 is 28.8 Å². The van der Waals surface area contributed by atoms with Crippen molar-refractivity contribution in [3.8, 4) is 0 Å². The Hall–Kier alpha value is -2.19. The molecule has 0 saturated heterocycles. The Kier molecular flexibility index (Phi) is 34.9. The molecule has 0 amide bonds. The predicted octanol–water partition coefficient (Wildman–Crippen LogP) is 9.84. The fourth-order valence-corrected chi connectivity index (χ4v) is 7.98. The number of ketones is 4. The molecule has 0 fully saturated rings. The third-order valence-corrected chi connectivity index (χ3v) is 11.5. The molecule has 13 heteroatoms. The lowest BCUT2D eigenvalue weighted by Crippen LogP contribution is -2.35. The molecule has 0 spiro atoms. The molecule has 0 aromatic heterocycles. The molecule has 0 aliphatic rings. The summed E-state index contributed by atoms with van der Waals surface area (Å²) in [6.45, 7) is 18.4. The summed E-state index contributed by atoms with van der Waals surface area (Å²) in [5.74, 6) is 0.162. The fourth-order valence-electron chi connectivity index (χ4n) is 6.96. The Labute approximate surface area is 373 Å². The third kappa shape index (κ3) is 36.9. The number of carboxylic acid groups (broad SMARTS) is 1. The van der Waals surface area contributed by atoms with E-state index in [1.165, 1.54) is 37.2 Å². The van der Waals surface area contributed by atoms with Gasteiger partial charge in [-0.1, -0.05) is 60.3 Å². The highest BCUT2D eigenvalue weighted by atomic mass is 32.2. The maximum atomic E-state index is 12.5. The van der Waals surface area contributed by atoms with Crippen molar-refractivity contribution in [3.63, 3.8) is 0 Å². The maximum Gasteiger partial charge on any atom is 0.317 e. The van der Waals surface area contributed by atoms with Crippen LogP contribution >= 0.6 is 11.8 Å². The van der Waals surface area contributed by atoms with Crippen LogP contribution in [0, 0.1) is 23.2 Å². The number of rotatable bonds is 42. The van der Waals surface area contributed by atoms with E-state index < -0.39 is 35.8 Å². The lowest BCUT2D eigenvalue weighted by atomic mass is 9.71. The first-order chi connectivity index (χ1) is 28.8. The van der Waals surface area contributed by atoms with Gasteiger partial charge in [-0.2, -0.15) is 11.8 Å². The number of carbonyl (C=O) groups is 6. The third-order valence-electron chi connectivity index (χ3n) is 10.3. The molecule has 0 bridgehead atoms. The largest absolute Gasteiger partial charge is 0.481 e. The molecule has 2 unspecified atom stereocenters. The van der Waals surface area contributed by atoms with Crippen LogP contribution in [-0.4, -0.2) is 110 Å². The second-order valence-corrected chi connectivity index (χ2v) is 19.9. The Balaban J connectivity index is 3.58. The second-order valence-electron chi connectivity index (χ2n) is 18.7. The maximum absolute atomic E-state index is 12.5. The zero-order valence-corrected chi connectivity index (χ0v) is 40.4. The number of ether oxygens (including phenoxy) is 5. The molecule has 0 aliphatic heterocycles. The fraction of sp³-hybridized carbons (Fsp3) is 0.875. The molecule has 1 N–H and O–H groups in total. The number of unbranched alkanes of at least 4 members (excludes halogenated alkanes) is 8. The SMILES string of the molecule is CC(C)C(CC(=O)CCCCCCCSCCCCCC(=O)CCCCOCCOCCOCCCCC(=O)COCC(=O)C(CCC(=O)O)C(=O)OC(C)(C)C)C(C)(C)C. The van der Waals surface area contributed by atoms with Crippen LogP contribution in [0.3, 0.4) is 0 Å². The molecule has 0 aliphatic carbocycles. The number of Topliss-reactive ketones (excluding diaryl/α,β-unsaturated/α-hetero) is 4. The van der Waals surface area contributed by atoms with E-state index in [-0.39, 0.29) is 37.1 Å². The highest BCUT2D eigenvalue weighted by Crippen LogP contribution is 2.35. The minimum atomic E-state index is -1.26. The van der Waals surface area contributed by atoms with E-state index in [2.05, 4.69) is 34.6 Å². The van der Waals surface area contributed by atoms with Crippen LogP contribution in [0.5, 0.6) is 0 Å². The number of esters is 1. The zero-order chi connectivity index (χ0) is 45.9.